The summed E-state index contributed by atoms with van der Waals surface area (Å²) < 4.78 is 1.89. The monoisotopic (exact) mass is 197 g/mol. The highest BCUT2D eigenvalue weighted by atomic mass is 35.5. The number of ketones is 1. The van der Waals surface area contributed by atoms with E-state index in [9.17, 15) is 4.79 Å². The fourth-order valence-corrected chi connectivity index (χ4v) is 1.24. The van der Waals surface area contributed by atoms with Crippen LogP contribution in [0.4, 0.5) is 0 Å². The average molecular weight is 198 g/mol. The molecule has 0 radical (unpaired) electrons. The Morgan fingerprint density at radius 2 is 2.31 bits per heavy atom. The maximum absolute atomic E-state index is 11.1. The van der Waals surface area contributed by atoms with E-state index in [1.165, 1.54) is 5.54 Å². The van der Waals surface area contributed by atoms with Crippen LogP contribution in [0.3, 0.4) is 0 Å². The van der Waals surface area contributed by atoms with Crippen LogP contribution in [-0.2, 0) is 6.54 Å². The predicted octanol–water partition coefficient (Wildman–Crippen LogP) is 2.83. The maximum atomic E-state index is 11.1. The molecular formula is C10H12ClNO. The molecule has 0 N–H and O–H groups in total. The second kappa shape index (κ2) is 4.28. The molecule has 0 atom stereocenters. The molecule has 1 aromatic heterocycles. The lowest BCUT2D eigenvalue weighted by Crippen LogP contribution is -2.06. The topological polar surface area (TPSA) is 22.0 Å². The van der Waals surface area contributed by atoms with E-state index in [4.69, 9.17) is 11.6 Å². The molecule has 3 heteroatoms. The summed E-state index contributed by atoms with van der Waals surface area (Å²) in [7, 11) is 0. The third-order valence-electron chi connectivity index (χ3n) is 1.80. The summed E-state index contributed by atoms with van der Waals surface area (Å²) in [5.41, 5.74) is 3.28. The minimum Gasteiger partial charge on any atom is -0.341 e. The van der Waals surface area contributed by atoms with Gasteiger partial charge in [0.15, 0.2) is 5.78 Å². The second-order valence-electron chi connectivity index (χ2n) is 3.03. The molecule has 0 fully saturated rings. The lowest BCUT2D eigenvalue weighted by Gasteiger charge is -2.05. The van der Waals surface area contributed by atoms with Gasteiger partial charge in [-0.05, 0) is 24.6 Å². The predicted molar refractivity (Wildman–Crippen MR) is 54.0 cm³/mol. The maximum Gasteiger partial charge on any atom is 0.176 e. The van der Waals surface area contributed by atoms with Crippen LogP contribution in [0.15, 0.2) is 29.4 Å². The molecule has 2 nitrogen and oxygen atoms in total. The summed E-state index contributed by atoms with van der Waals surface area (Å²) >= 11 is 5.54. The van der Waals surface area contributed by atoms with Gasteiger partial charge in [-0.15, -0.1) is 0 Å². The zero-order chi connectivity index (χ0) is 9.84. The van der Waals surface area contributed by atoms with Crippen LogP contribution >= 0.6 is 11.6 Å². The number of nitrogens with zero attached hydrogens (tertiary/aromatic N) is 1. The van der Waals surface area contributed by atoms with E-state index in [1.54, 1.807) is 6.92 Å². The Kier molecular flexibility index (Phi) is 3.32. The number of aromatic nitrogens is 1. The number of halogens is 1. The number of hydrogen-bond acceptors (Lipinski definition) is 1. The summed E-state index contributed by atoms with van der Waals surface area (Å²) in [5, 5.41) is 0. The molecule has 13 heavy (non-hydrogen) atoms. The van der Waals surface area contributed by atoms with Gasteiger partial charge in [0.2, 0.25) is 0 Å². The van der Waals surface area contributed by atoms with Gasteiger partial charge in [0, 0.05) is 25.2 Å². The fraction of sp³-hybridized carbons (Fsp3) is 0.300. The van der Waals surface area contributed by atoms with Crippen LogP contribution in [0.5, 0.6) is 0 Å². The van der Waals surface area contributed by atoms with Crippen molar-refractivity contribution >= 4 is 17.4 Å². The van der Waals surface area contributed by atoms with Gasteiger partial charge in [-0.25, -0.2) is 0 Å². The molecule has 0 aliphatic carbocycles. The van der Waals surface area contributed by atoms with Crippen molar-refractivity contribution in [3.05, 3.63) is 35.1 Å². The van der Waals surface area contributed by atoms with E-state index in [0.717, 1.165) is 11.3 Å². The van der Waals surface area contributed by atoms with Crippen molar-refractivity contribution in [1.82, 2.24) is 4.57 Å². The van der Waals surface area contributed by atoms with Gasteiger partial charge in [0.1, 0.15) is 0 Å². The third kappa shape index (κ3) is 2.46. The molecule has 1 rings (SSSR count). The number of Topliss-reactive ketones (excluding diaryl/α,β-unsaturated/α-hetero) is 1. The van der Waals surface area contributed by atoms with E-state index in [2.05, 4.69) is 0 Å². The number of allylic oxidation sites excluding steroid dienone is 1. The molecule has 1 aromatic rings. The molecule has 0 saturated heterocycles. The Labute approximate surface area is 82.8 Å². The Morgan fingerprint density at radius 3 is 2.85 bits per heavy atom. The molecule has 1 heterocycles. The van der Waals surface area contributed by atoms with E-state index in [0.29, 0.717) is 6.54 Å². The minimum absolute atomic E-state index is 0.0763. The Balaban J connectivity index is 2.89. The van der Waals surface area contributed by atoms with Crippen LogP contribution in [0.2, 0.25) is 0 Å². The molecule has 0 amide bonds. The third-order valence-corrected chi connectivity index (χ3v) is 2.17. The summed E-state index contributed by atoms with van der Waals surface area (Å²) in [6, 6.07) is 3.67. The quantitative estimate of drug-likeness (QED) is 0.683. The normalized spacial score (nSPS) is 11.8. The first-order valence-corrected chi connectivity index (χ1v) is 4.50. The molecular weight excluding hydrogens is 186 g/mol. The van der Waals surface area contributed by atoms with Crippen LogP contribution in [0.25, 0.3) is 0 Å². The highest BCUT2D eigenvalue weighted by Gasteiger charge is 2.04. The molecule has 0 aliphatic rings. The standard InChI is InChI=1S/C10H12ClNO/c1-8(6-11)7-12-5-3-4-10(12)9(2)13/h3-6H,7H2,1-2H3/b8-6+. The Bertz CT molecular complexity index is 338. The number of carbonyl (C=O) groups is 1. The van der Waals surface area contributed by atoms with Crippen molar-refractivity contribution in [2.24, 2.45) is 0 Å². The smallest absolute Gasteiger partial charge is 0.176 e. The highest BCUT2D eigenvalue weighted by Crippen LogP contribution is 2.07. The second-order valence-corrected chi connectivity index (χ2v) is 3.25. The Hall–Kier alpha value is -1.02. The van der Waals surface area contributed by atoms with Gasteiger partial charge >= 0.3 is 0 Å². The number of rotatable bonds is 3. The van der Waals surface area contributed by atoms with Gasteiger partial charge in [-0.3, -0.25) is 4.79 Å². The van der Waals surface area contributed by atoms with Crippen molar-refractivity contribution in [3.63, 3.8) is 0 Å². The molecule has 0 spiro atoms. The highest BCUT2D eigenvalue weighted by molar-refractivity contribution is 6.25. The molecule has 0 aliphatic heterocycles. The van der Waals surface area contributed by atoms with Crippen LogP contribution in [0.1, 0.15) is 24.3 Å². The first kappa shape index (κ1) is 10.1. The van der Waals surface area contributed by atoms with E-state index in [1.807, 2.05) is 29.8 Å². The molecule has 0 unspecified atom stereocenters. The average Bonchev–Trinajstić information content (AvgIpc) is 2.52. The van der Waals surface area contributed by atoms with Gasteiger partial charge in [0.25, 0.3) is 0 Å². The zero-order valence-electron chi connectivity index (χ0n) is 7.75. The van der Waals surface area contributed by atoms with Gasteiger partial charge in [-0.2, -0.15) is 0 Å². The van der Waals surface area contributed by atoms with Gasteiger partial charge in [0.05, 0.1) is 5.69 Å². The van der Waals surface area contributed by atoms with Crippen molar-refractivity contribution < 1.29 is 4.79 Å². The molecule has 0 saturated carbocycles. The molecule has 0 aromatic carbocycles. The van der Waals surface area contributed by atoms with Crippen molar-refractivity contribution in [1.29, 1.82) is 0 Å². The zero-order valence-corrected chi connectivity index (χ0v) is 8.51. The van der Waals surface area contributed by atoms with Crippen LogP contribution in [-0.4, -0.2) is 10.4 Å². The minimum atomic E-state index is 0.0763. The summed E-state index contributed by atoms with van der Waals surface area (Å²) in [5.74, 6) is 0.0763. The summed E-state index contributed by atoms with van der Waals surface area (Å²) in [6.07, 6.45) is 1.88. The molecule has 0 bridgehead atoms. The van der Waals surface area contributed by atoms with E-state index < -0.39 is 0 Å². The first-order valence-electron chi connectivity index (χ1n) is 4.07. The Morgan fingerprint density at radius 1 is 1.62 bits per heavy atom. The van der Waals surface area contributed by atoms with Crippen LogP contribution < -0.4 is 0 Å². The van der Waals surface area contributed by atoms with Crippen molar-refractivity contribution in [2.45, 2.75) is 20.4 Å². The number of carbonyl (C=O) groups excluding carboxylic acids is 1. The first-order chi connectivity index (χ1) is 6.15. The SMILES string of the molecule is CC(=O)c1cccn1C/C(C)=C/Cl. The van der Waals surface area contributed by atoms with E-state index >= 15 is 0 Å². The van der Waals surface area contributed by atoms with Crippen molar-refractivity contribution in [2.75, 3.05) is 0 Å². The fourth-order valence-electron chi connectivity index (χ4n) is 1.17. The van der Waals surface area contributed by atoms with Crippen LogP contribution in [0, 0.1) is 0 Å². The number of hydrogen-bond donors (Lipinski definition) is 0. The van der Waals surface area contributed by atoms with Gasteiger partial charge < -0.3 is 4.57 Å². The largest absolute Gasteiger partial charge is 0.341 e. The van der Waals surface area contributed by atoms with Crippen molar-refractivity contribution in [3.8, 4) is 0 Å². The van der Waals surface area contributed by atoms with E-state index in [-0.39, 0.29) is 5.78 Å². The summed E-state index contributed by atoms with van der Waals surface area (Å²) in [4.78, 5) is 11.1. The van der Waals surface area contributed by atoms with Gasteiger partial charge in [-0.1, -0.05) is 11.6 Å². The molecule has 70 valence electrons. The lowest BCUT2D eigenvalue weighted by molar-refractivity contribution is 0.100. The summed E-state index contributed by atoms with van der Waals surface area (Å²) in [6.45, 7) is 4.16. The lowest BCUT2D eigenvalue weighted by atomic mass is 10.3.